The van der Waals surface area contributed by atoms with Gasteiger partial charge in [0.2, 0.25) is 5.91 Å². The lowest BCUT2D eigenvalue weighted by Gasteiger charge is -2.31. The van der Waals surface area contributed by atoms with Crippen LogP contribution in [0.5, 0.6) is 0 Å². The molecule has 3 amide bonds. The van der Waals surface area contributed by atoms with Gasteiger partial charge in [0.15, 0.2) is 5.82 Å². The van der Waals surface area contributed by atoms with E-state index in [2.05, 4.69) is 32.0 Å². The summed E-state index contributed by atoms with van der Waals surface area (Å²) in [4.78, 5) is 41.7. The second kappa shape index (κ2) is 9.26. The van der Waals surface area contributed by atoms with Crippen LogP contribution in [0.2, 0.25) is 0 Å². The van der Waals surface area contributed by atoms with Crippen molar-refractivity contribution in [3.8, 4) is 6.07 Å². The summed E-state index contributed by atoms with van der Waals surface area (Å²) in [5, 5.41) is 27.8. The summed E-state index contributed by atoms with van der Waals surface area (Å²) in [6.45, 7) is 0.487. The van der Waals surface area contributed by atoms with Crippen molar-refractivity contribution in [1.29, 1.82) is 5.26 Å². The molecule has 0 radical (unpaired) electrons. The smallest absolute Gasteiger partial charge is 0.258 e. The summed E-state index contributed by atoms with van der Waals surface area (Å²) in [6.07, 6.45) is 3.43. The van der Waals surface area contributed by atoms with Crippen LogP contribution < -0.4 is 16.8 Å². The number of hydrogen-bond acceptors (Lipinski definition) is 10. The highest BCUT2D eigenvalue weighted by Crippen LogP contribution is 2.51. The number of rotatable bonds is 8. The Kier molecular flexibility index (Phi) is 6.01. The van der Waals surface area contributed by atoms with Crippen molar-refractivity contribution in [3.05, 3.63) is 48.6 Å². The largest absolute Gasteiger partial charge is 0.365 e. The Hall–Kier alpha value is -3.67. The number of aromatic nitrogens is 4. The van der Waals surface area contributed by atoms with Crippen molar-refractivity contribution in [1.82, 2.24) is 30.8 Å². The van der Waals surface area contributed by atoms with Crippen LogP contribution in [0.15, 0.2) is 12.1 Å². The number of amides is 3. The number of nitriles is 1. The summed E-state index contributed by atoms with van der Waals surface area (Å²) in [5.74, 6) is -0.283. The first-order valence-electron chi connectivity index (χ1n) is 12.3. The maximum atomic E-state index is 13.0. The zero-order chi connectivity index (χ0) is 26.6. The van der Waals surface area contributed by atoms with E-state index in [1.807, 2.05) is 6.07 Å². The van der Waals surface area contributed by atoms with Gasteiger partial charge in [-0.25, -0.2) is 0 Å². The second-order valence-corrected chi connectivity index (χ2v) is 12.1. The third-order valence-electron chi connectivity index (χ3n) is 7.79. The van der Waals surface area contributed by atoms with E-state index < -0.39 is 17.2 Å². The molecular formula is C24H25N9O3S2. The maximum absolute atomic E-state index is 13.0. The molecule has 0 bridgehead atoms. The Balaban J connectivity index is 1.35. The van der Waals surface area contributed by atoms with Crippen molar-refractivity contribution in [3.63, 3.8) is 0 Å². The molecule has 3 aliphatic rings. The van der Waals surface area contributed by atoms with E-state index in [9.17, 15) is 19.6 Å². The number of aromatic amines is 1. The number of nitrogens with one attached hydrogen (secondary N) is 2. The first-order chi connectivity index (χ1) is 18.3. The van der Waals surface area contributed by atoms with Crippen LogP contribution in [0.3, 0.4) is 0 Å². The van der Waals surface area contributed by atoms with Gasteiger partial charge in [-0.1, -0.05) is 5.21 Å². The van der Waals surface area contributed by atoms with Gasteiger partial charge in [0.1, 0.15) is 6.04 Å². The van der Waals surface area contributed by atoms with Crippen molar-refractivity contribution < 1.29 is 14.4 Å². The molecule has 4 heterocycles. The number of carbonyl (C=O) groups is 3. The molecule has 1 saturated carbocycles. The summed E-state index contributed by atoms with van der Waals surface area (Å²) < 4.78 is 0. The number of hydrogen-bond donors (Lipinski definition) is 4. The van der Waals surface area contributed by atoms with Crippen molar-refractivity contribution in [2.24, 2.45) is 17.4 Å². The maximum Gasteiger partial charge on any atom is 0.258 e. The molecule has 1 saturated heterocycles. The Morgan fingerprint density at radius 1 is 1.18 bits per heavy atom. The molecule has 4 atom stereocenters. The standard InChI is InChI=1S/C24H25N9O3S2/c25-9-13-5-12-6-15(12)33(13)19(34)10-28-4-3-24(23-29-31-32-30-23)14-8-18(22(27)36)37-16(14)2-1-11-7-17(21(26)35)38-20(11)24/h7-8,12-13,15,28H,1-6,10H2,(H2,26,35)(H2,27,36)(H,29,30,31,32)/t12-,13+,15+,24?/m1/s1. The first-order valence-corrected chi connectivity index (χ1v) is 14.0. The van der Waals surface area contributed by atoms with Crippen LogP contribution in [0.1, 0.15) is 65.3 Å². The number of tetrazole rings is 1. The zero-order valence-corrected chi connectivity index (χ0v) is 21.9. The molecule has 2 aliphatic carbocycles. The average molecular weight is 552 g/mol. The fourth-order valence-electron chi connectivity index (χ4n) is 5.98. The molecule has 196 valence electrons. The molecule has 2 fully saturated rings. The predicted molar refractivity (Wildman–Crippen MR) is 137 cm³/mol. The van der Waals surface area contributed by atoms with Gasteiger partial charge < -0.3 is 21.7 Å². The lowest BCUT2D eigenvalue weighted by molar-refractivity contribution is -0.131. The highest BCUT2D eigenvalue weighted by Gasteiger charge is 2.54. The summed E-state index contributed by atoms with van der Waals surface area (Å²) in [6, 6.07) is 5.69. The third-order valence-corrected chi connectivity index (χ3v) is 10.4. The molecule has 3 aromatic heterocycles. The van der Waals surface area contributed by atoms with E-state index in [-0.39, 0.29) is 24.5 Å². The minimum Gasteiger partial charge on any atom is -0.365 e. The summed E-state index contributed by atoms with van der Waals surface area (Å²) in [7, 11) is 0. The molecule has 6 rings (SSSR count). The van der Waals surface area contributed by atoms with Crippen molar-refractivity contribution in [2.45, 2.75) is 49.6 Å². The van der Waals surface area contributed by atoms with Gasteiger partial charge in [0.05, 0.1) is 27.8 Å². The van der Waals surface area contributed by atoms with Gasteiger partial charge in [0, 0.05) is 15.8 Å². The van der Waals surface area contributed by atoms with E-state index in [1.54, 1.807) is 11.0 Å². The number of carbonyl (C=O) groups excluding carboxylic acids is 3. The Bertz CT molecular complexity index is 1410. The van der Waals surface area contributed by atoms with Crippen LogP contribution >= 0.6 is 22.7 Å². The molecular weight excluding hydrogens is 526 g/mol. The average Bonchev–Trinajstić information content (AvgIpc) is 3.40. The van der Waals surface area contributed by atoms with E-state index in [0.717, 1.165) is 33.7 Å². The number of likely N-dealkylation sites (tertiary alicyclic amines) is 1. The normalized spacial score (nSPS) is 25.1. The number of aryl methyl sites for hydroxylation is 2. The van der Waals surface area contributed by atoms with Crippen LogP contribution in [0.25, 0.3) is 0 Å². The fourth-order valence-corrected chi connectivity index (χ4v) is 8.36. The molecule has 0 spiro atoms. The third kappa shape index (κ3) is 3.89. The number of nitrogens with zero attached hydrogens (tertiary/aromatic N) is 5. The van der Waals surface area contributed by atoms with Crippen LogP contribution in [-0.4, -0.2) is 68.4 Å². The van der Waals surface area contributed by atoms with E-state index in [1.165, 1.54) is 22.7 Å². The molecule has 1 unspecified atom stereocenters. The molecule has 38 heavy (non-hydrogen) atoms. The van der Waals surface area contributed by atoms with E-state index in [4.69, 9.17) is 11.5 Å². The first kappa shape index (κ1) is 24.7. The topological polar surface area (TPSA) is 197 Å². The van der Waals surface area contributed by atoms with E-state index in [0.29, 0.717) is 47.3 Å². The number of fused-ring (bicyclic) bond motifs is 3. The number of piperidine rings is 1. The Labute approximate surface area is 225 Å². The SMILES string of the molecule is N#C[C@@H]1C[C@@H]2C[C@@H]2N1C(=O)CNCCC1(c2nn[nH]n2)c2cc(C(N)=O)sc2CCc2cc(C(N)=O)sc21. The molecule has 14 heteroatoms. The van der Waals surface area contributed by atoms with Crippen LogP contribution in [-0.2, 0) is 23.1 Å². The van der Waals surface area contributed by atoms with Gasteiger partial charge in [-0.05, 0) is 67.8 Å². The minimum absolute atomic E-state index is 0.0870. The quantitative estimate of drug-likeness (QED) is 0.289. The highest BCUT2D eigenvalue weighted by atomic mass is 32.1. The van der Waals surface area contributed by atoms with Gasteiger partial charge >= 0.3 is 0 Å². The molecule has 0 aromatic carbocycles. The molecule has 12 nitrogen and oxygen atoms in total. The van der Waals surface area contributed by atoms with Crippen molar-refractivity contribution >= 4 is 40.4 Å². The number of thiophene rings is 2. The fraction of sp³-hybridized carbons (Fsp3) is 0.458. The highest BCUT2D eigenvalue weighted by molar-refractivity contribution is 7.15. The van der Waals surface area contributed by atoms with E-state index >= 15 is 0 Å². The second-order valence-electron chi connectivity index (χ2n) is 9.95. The number of nitrogens with two attached hydrogens (primary N) is 2. The molecule has 3 aromatic rings. The van der Waals surface area contributed by atoms with Crippen LogP contribution in [0, 0.1) is 17.2 Å². The number of primary amides is 2. The van der Waals surface area contributed by atoms with Gasteiger partial charge in [-0.2, -0.15) is 10.5 Å². The number of H-pyrrole nitrogens is 1. The summed E-state index contributed by atoms with van der Waals surface area (Å²) >= 11 is 2.64. The molecule has 1 aliphatic heterocycles. The van der Waals surface area contributed by atoms with Gasteiger partial charge in [-0.3, -0.25) is 14.4 Å². The van der Waals surface area contributed by atoms with Crippen LogP contribution in [0.4, 0.5) is 0 Å². The van der Waals surface area contributed by atoms with Gasteiger partial charge in [-0.15, -0.1) is 32.9 Å². The Morgan fingerprint density at radius 3 is 2.68 bits per heavy atom. The van der Waals surface area contributed by atoms with Crippen molar-refractivity contribution in [2.75, 3.05) is 13.1 Å². The monoisotopic (exact) mass is 551 g/mol. The summed E-state index contributed by atoms with van der Waals surface area (Å²) in [5.41, 5.74) is 12.1. The lowest BCUT2D eigenvalue weighted by atomic mass is 9.75. The van der Waals surface area contributed by atoms with Gasteiger partial charge in [0.25, 0.3) is 11.8 Å². The predicted octanol–water partition coefficient (Wildman–Crippen LogP) is 0.446. The Morgan fingerprint density at radius 2 is 1.97 bits per heavy atom. The zero-order valence-electron chi connectivity index (χ0n) is 20.3. The minimum atomic E-state index is -0.947. The lowest BCUT2D eigenvalue weighted by Crippen LogP contribution is -2.44. The molecule has 6 N–H and O–H groups in total.